The van der Waals surface area contributed by atoms with Gasteiger partial charge in [-0.3, -0.25) is 0 Å². The van der Waals surface area contributed by atoms with Gasteiger partial charge in [-0.05, 0) is 180 Å². The number of benzene rings is 4. The van der Waals surface area contributed by atoms with Crippen LogP contribution in [-0.4, -0.2) is 44.3 Å². The number of rotatable bonds is 6. The molecule has 0 amide bonds. The van der Waals surface area contributed by atoms with Crippen molar-refractivity contribution in [3.63, 3.8) is 0 Å². The number of halogens is 2. The van der Waals surface area contributed by atoms with Crippen LogP contribution in [0.3, 0.4) is 0 Å². The number of hydrogen-bond donors (Lipinski definition) is 2. The van der Waals surface area contributed by atoms with Gasteiger partial charge in [0.05, 0.1) is 52.3 Å². The summed E-state index contributed by atoms with van der Waals surface area (Å²) < 4.78 is 57.2. The van der Waals surface area contributed by atoms with Gasteiger partial charge < -0.3 is 10.2 Å². The summed E-state index contributed by atoms with van der Waals surface area (Å²) in [7, 11) is -3.54. The van der Waals surface area contributed by atoms with Crippen LogP contribution >= 0.6 is 11.3 Å². The summed E-state index contributed by atoms with van der Waals surface area (Å²) in [6.07, 6.45) is 14.2. The molecule has 2 fully saturated rings. The van der Waals surface area contributed by atoms with Crippen molar-refractivity contribution in [3.05, 3.63) is 177 Å². The molecule has 4 heterocycles. The van der Waals surface area contributed by atoms with E-state index in [4.69, 9.17) is 0 Å². The standard InChI is InChI=1S/C27H25FN2O3S.C27H25FN2OS.2CH4/c1-27-14-17-15-29-30(20-11-9-19(28)10-12-20)24(17)13-18(27)5-4-7-23(27)26(31)22-16-34(32,33)25-8-3-2-6-21(22)25;1-27-14-17-15-29-30(20-11-9-19(28)10-12-20)24(17)13-18(27)5-4-7-23(27)26(31)22-16-32-25-8-3-2-6-21(22)25;;/h2-3,6,8-13,15-16,23,26,31H,4-5,7,14H2,1H3;2-3,6,8-13,15-16,23,26,31H,4-5,7,14H2,1H3;2*1H4/t2*23-,26+,27+;;/m11../s1. The smallest absolute Gasteiger partial charge is 0.200 e. The lowest BCUT2D eigenvalue weighted by Crippen LogP contribution is -2.43. The monoisotopic (exact) mass is 952 g/mol. The third-order valence-electron chi connectivity index (χ3n) is 15.4. The molecule has 4 aromatic carbocycles. The minimum Gasteiger partial charge on any atom is -0.388 e. The molecule has 12 heteroatoms. The number of aliphatic hydroxyl groups excluding tert-OH is 2. The summed E-state index contributed by atoms with van der Waals surface area (Å²) >= 11 is 1.71. The van der Waals surface area contributed by atoms with E-state index >= 15 is 0 Å². The highest BCUT2D eigenvalue weighted by Crippen LogP contribution is 2.57. The van der Waals surface area contributed by atoms with E-state index in [2.05, 4.69) is 65.8 Å². The first-order chi connectivity index (χ1) is 31.8. The number of aliphatic hydroxyl groups is 2. The van der Waals surface area contributed by atoms with E-state index in [1.807, 2.05) is 27.8 Å². The van der Waals surface area contributed by atoms with E-state index in [0.29, 0.717) is 17.6 Å². The Kier molecular flexibility index (Phi) is 12.5. The highest BCUT2D eigenvalue weighted by Gasteiger charge is 2.49. The Morgan fingerprint density at radius 2 is 1.19 bits per heavy atom. The fraction of sp³-hybridized carbons (Fsp3) is 0.321. The molecule has 5 aliphatic rings. The predicted octanol–water partition coefficient (Wildman–Crippen LogP) is 12.9. The molecule has 3 aromatic heterocycles. The Morgan fingerprint density at radius 3 is 1.75 bits per heavy atom. The van der Waals surface area contributed by atoms with Crippen molar-refractivity contribution in [2.75, 3.05) is 0 Å². The second-order valence-electron chi connectivity index (χ2n) is 19.1. The largest absolute Gasteiger partial charge is 0.388 e. The van der Waals surface area contributed by atoms with E-state index in [9.17, 15) is 27.4 Å². The third kappa shape index (κ3) is 7.83. The zero-order valence-corrected chi connectivity index (χ0v) is 38.4. The van der Waals surface area contributed by atoms with E-state index in [-0.39, 0.29) is 54.0 Å². The first-order valence-electron chi connectivity index (χ1n) is 22.8. The van der Waals surface area contributed by atoms with Gasteiger partial charge in [0.1, 0.15) is 11.6 Å². The first-order valence-corrected chi connectivity index (χ1v) is 25.2. The number of thiophene rings is 1. The second-order valence-corrected chi connectivity index (χ2v) is 21.8. The lowest BCUT2D eigenvalue weighted by Gasteiger charge is -2.48. The molecule has 7 aromatic rings. The van der Waals surface area contributed by atoms with Crippen LogP contribution in [0.4, 0.5) is 8.78 Å². The van der Waals surface area contributed by atoms with Crippen LogP contribution in [0, 0.1) is 34.3 Å². The third-order valence-corrected chi connectivity index (χ3v) is 17.9. The highest BCUT2D eigenvalue weighted by molar-refractivity contribution is 7.95. The zero-order chi connectivity index (χ0) is 45.5. The van der Waals surface area contributed by atoms with Gasteiger partial charge in [-0.1, -0.05) is 76.2 Å². The maximum atomic E-state index is 13.4. The molecule has 0 radical (unpaired) electrons. The van der Waals surface area contributed by atoms with Crippen LogP contribution in [0.2, 0.25) is 0 Å². The quantitative estimate of drug-likeness (QED) is 0.172. The Hall–Kier alpha value is -5.79. The van der Waals surface area contributed by atoms with Gasteiger partial charge in [-0.2, -0.15) is 10.2 Å². The van der Waals surface area contributed by atoms with Crippen molar-refractivity contribution in [1.82, 2.24) is 19.6 Å². The number of fused-ring (bicyclic) bond motifs is 6. The molecule has 0 spiro atoms. The van der Waals surface area contributed by atoms with E-state index in [0.717, 1.165) is 78.8 Å². The maximum absolute atomic E-state index is 13.4. The van der Waals surface area contributed by atoms with Crippen molar-refractivity contribution in [1.29, 1.82) is 0 Å². The summed E-state index contributed by atoms with van der Waals surface area (Å²) in [4.78, 5) is 0.271. The Morgan fingerprint density at radius 1 is 0.691 bits per heavy atom. The molecule has 8 nitrogen and oxygen atoms in total. The minimum absolute atomic E-state index is 0. The van der Waals surface area contributed by atoms with Crippen molar-refractivity contribution in [3.8, 4) is 11.4 Å². The van der Waals surface area contributed by atoms with Gasteiger partial charge in [-0.15, -0.1) is 11.3 Å². The van der Waals surface area contributed by atoms with Crippen LogP contribution < -0.4 is 0 Å². The number of allylic oxidation sites excluding steroid dienone is 2. The van der Waals surface area contributed by atoms with E-state index < -0.39 is 22.0 Å². The van der Waals surface area contributed by atoms with Gasteiger partial charge in [0, 0.05) is 15.7 Å². The van der Waals surface area contributed by atoms with Crippen molar-refractivity contribution < 1.29 is 27.4 Å². The molecular formula is C56H58F2N4O4S2. The van der Waals surface area contributed by atoms with Crippen LogP contribution in [0.15, 0.2) is 136 Å². The minimum atomic E-state index is -3.54. The van der Waals surface area contributed by atoms with Gasteiger partial charge >= 0.3 is 0 Å². The lowest BCUT2D eigenvalue weighted by molar-refractivity contribution is 0.0228. The van der Waals surface area contributed by atoms with Gasteiger partial charge in [-0.25, -0.2) is 26.6 Å². The van der Waals surface area contributed by atoms with E-state index in [1.165, 1.54) is 56.5 Å². The van der Waals surface area contributed by atoms with Crippen LogP contribution in [0.25, 0.3) is 39.2 Å². The fourth-order valence-electron chi connectivity index (χ4n) is 11.9. The predicted molar refractivity (Wildman–Crippen MR) is 269 cm³/mol. The van der Waals surface area contributed by atoms with Gasteiger partial charge in [0.2, 0.25) is 9.84 Å². The molecule has 0 saturated heterocycles. The molecule has 12 rings (SSSR count). The summed E-state index contributed by atoms with van der Waals surface area (Å²) in [6, 6.07) is 28.0. The summed E-state index contributed by atoms with van der Waals surface area (Å²) in [5, 5.41) is 37.0. The molecule has 4 aliphatic carbocycles. The molecule has 68 heavy (non-hydrogen) atoms. The molecule has 2 N–H and O–H groups in total. The molecular weight excluding hydrogens is 895 g/mol. The average molecular weight is 953 g/mol. The Bertz CT molecular complexity index is 3240. The fourth-order valence-corrected chi connectivity index (χ4v) is 14.4. The normalized spacial score (nSPS) is 23.8. The van der Waals surface area contributed by atoms with Crippen LogP contribution in [-0.2, 0) is 22.7 Å². The van der Waals surface area contributed by atoms with Gasteiger partial charge in [0.15, 0.2) is 0 Å². The second kappa shape index (κ2) is 17.9. The number of hydrogen-bond acceptors (Lipinski definition) is 7. The van der Waals surface area contributed by atoms with Crippen LogP contribution in [0.5, 0.6) is 0 Å². The molecule has 0 unspecified atom stereocenters. The Balaban J connectivity index is 0.000000165. The van der Waals surface area contributed by atoms with Crippen molar-refractivity contribution in [2.24, 2.45) is 22.7 Å². The zero-order valence-electron chi connectivity index (χ0n) is 36.7. The topological polar surface area (TPSA) is 110 Å². The number of nitrogens with zero attached hydrogens (tertiary/aromatic N) is 4. The molecule has 2 saturated carbocycles. The van der Waals surface area contributed by atoms with Crippen LogP contribution in [0.1, 0.15) is 107 Å². The maximum Gasteiger partial charge on any atom is 0.200 e. The molecule has 352 valence electrons. The number of aromatic nitrogens is 4. The lowest BCUT2D eigenvalue weighted by atomic mass is 9.57. The van der Waals surface area contributed by atoms with E-state index in [1.54, 1.807) is 53.8 Å². The summed E-state index contributed by atoms with van der Waals surface area (Å²) in [5.41, 5.74) is 10.4. The number of sulfone groups is 1. The Labute approximate surface area is 401 Å². The molecule has 6 atom stereocenters. The highest BCUT2D eigenvalue weighted by atomic mass is 32.2. The molecule has 1 aliphatic heterocycles. The SMILES string of the molecule is C.C.C[C@]12Cc3cnn(-c4ccc(F)cc4)c3C=C1CCC[C@@H]2[C@@H](O)C1=CS(=O)(=O)c2ccccc21.C[C@]12Cc3cnn(-c4ccc(F)cc4)c3C=C1CCC[C@@H]2[C@@H](O)c1csc2ccccc12. The summed E-state index contributed by atoms with van der Waals surface area (Å²) in [5.74, 6) is -0.499. The van der Waals surface area contributed by atoms with Gasteiger partial charge in [0.25, 0.3) is 0 Å². The average Bonchev–Trinajstić information content (AvgIpc) is 4.10. The van der Waals surface area contributed by atoms with Crippen molar-refractivity contribution in [2.45, 2.75) is 97.2 Å². The van der Waals surface area contributed by atoms with Crippen molar-refractivity contribution >= 4 is 49.0 Å². The first kappa shape index (κ1) is 47.3. The molecule has 0 bridgehead atoms. The summed E-state index contributed by atoms with van der Waals surface area (Å²) in [6.45, 7) is 4.50.